The van der Waals surface area contributed by atoms with Gasteiger partial charge >= 0.3 is 0 Å². The number of rotatable bonds is 4. The molecule has 16 heavy (non-hydrogen) atoms. The molecule has 0 fully saturated rings. The molecule has 1 aromatic carbocycles. The Labute approximate surface area is 109 Å². The minimum absolute atomic E-state index is 0.0791. The molecule has 0 atom stereocenters. The summed E-state index contributed by atoms with van der Waals surface area (Å²) in [5, 5.41) is 2.91. The van der Waals surface area contributed by atoms with Gasteiger partial charge in [-0.1, -0.05) is 15.9 Å². The summed E-state index contributed by atoms with van der Waals surface area (Å²) >= 11 is 5.19. The van der Waals surface area contributed by atoms with E-state index in [-0.39, 0.29) is 5.91 Å². The fourth-order valence-electron chi connectivity index (χ4n) is 1.44. The van der Waals surface area contributed by atoms with Crippen molar-refractivity contribution < 1.29 is 4.79 Å². The molecule has 0 aliphatic rings. The number of aryl methyl sites for hydroxylation is 2. The van der Waals surface area contributed by atoms with E-state index >= 15 is 0 Å². The smallest absolute Gasteiger partial charge is 0.225 e. The van der Waals surface area contributed by atoms with E-state index in [1.807, 2.05) is 32.2 Å². The number of amides is 1. The lowest BCUT2D eigenvalue weighted by molar-refractivity contribution is -0.115. The average Bonchev–Trinajstić information content (AvgIpc) is 2.23. The Hall–Kier alpha value is -0.480. The zero-order valence-electron chi connectivity index (χ0n) is 9.76. The van der Waals surface area contributed by atoms with E-state index in [9.17, 15) is 4.79 Å². The van der Waals surface area contributed by atoms with Crippen molar-refractivity contribution in [2.24, 2.45) is 0 Å². The van der Waals surface area contributed by atoms with Crippen molar-refractivity contribution in [1.29, 1.82) is 0 Å². The van der Waals surface area contributed by atoms with Crippen LogP contribution in [0.25, 0.3) is 0 Å². The first-order chi connectivity index (χ1) is 7.54. The molecule has 0 spiro atoms. The lowest BCUT2D eigenvalue weighted by atomic mass is 10.1. The van der Waals surface area contributed by atoms with Gasteiger partial charge in [-0.25, -0.2) is 0 Å². The number of thioether (sulfide) groups is 1. The molecule has 1 aromatic rings. The third-order valence-corrected chi connectivity index (χ3v) is 4.12. The maximum Gasteiger partial charge on any atom is 0.225 e. The van der Waals surface area contributed by atoms with Crippen LogP contribution in [0.5, 0.6) is 0 Å². The summed E-state index contributed by atoms with van der Waals surface area (Å²) in [5.74, 6) is 0.941. The number of hydrogen-bond donors (Lipinski definition) is 1. The van der Waals surface area contributed by atoms with Crippen molar-refractivity contribution in [2.75, 3.05) is 17.3 Å². The van der Waals surface area contributed by atoms with E-state index in [0.29, 0.717) is 6.42 Å². The molecule has 1 N–H and O–H groups in total. The van der Waals surface area contributed by atoms with Crippen molar-refractivity contribution in [3.05, 3.63) is 27.7 Å². The molecule has 1 rings (SSSR count). The molecular weight excluding hydrogens is 286 g/mol. The largest absolute Gasteiger partial charge is 0.326 e. The minimum atomic E-state index is 0.0791. The molecule has 88 valence electrons. The second-order valence-electron chi connectivity index (χ2n) is 3.72. The molecule has 0 aromatic heterocycles. The van der Waals surface area contributed by atoms with E-state index in [1.54, 1.807) is 11.8 Å². The van der Waals surface area contributed by atoms with Crippen molar-refractivity contribution in [2.45, 2.75) is 20.3 Å². The van der Waals surface area contributed by atoms with E-state index in [2.05, 4.69) is 21.2 Å². The highest BCUT2D eigenvalue weighted by Gasteiger charge is 2.05. The third-order valence-electron chi connectivity index (χ3n) is 2.25. The Morgan fingerprint density at radius 1 is 1.38 bits per heavy atom. The number of carbonyl (C=O) groups excluding carboxylic acids is 1. The SMILES string of the molecule is CSCCC(=O)Nc1cc(C)c(Br)c(C)c1. The van der Waals surface area contributed by atoms with Crippen LogP contribution in [0.2, 0.25) is 0 Å². The van der Waals surface area contributed by atoms with Gasteiger partial charge in [0, 0.05) is 22.3 Å². The van der Waals surface area contributed by atoms with Crippen molar-refractivity contribution in [3.8, 4) is 0 Å². The fourth-order valence-corrected chi connectivity index (χ4v) is 2.05. The van der Waals surface area contributed by atoms with Gasteiger partial charge in [-0.2, -0.15) is 11.8 Å². The quantitative estimate of drug-likeness (QED) is 0.917. The van der Waals surface area contributed by atoms with E-state index in [4.69, 9.17) is 0 Å². The molecular formula is C12H16BrNOS. The van der Waals surface area contributed by atoms with Crippen molar-refractivity contribution in [1.82, 2.24) is 0 Å². The Kier molecular flexibility index (Phi) is 5.35. The average molecular weight is 302 g/mol. The maximum atomic E-state index is 11.5. The lowest BCUT2D eigenvalue weighted by Crippen LogP contribution is -2.12. The first kappa shape index (κ1) is 13.6. The first-order valence-corrected chi connectivity index (χ1v) is 7.29. The monoisotopic (exact) mass is 301 g/mol. The Morgan fingerprint density at radius 3 is 2.44 bits per heavy atom. The maximum absolute atomic E-state index is 11.5. The molecule has 0 unspecified atom stereocenters. The van der Waals surface area contributed by atoms with Gasteiger partial charge in [-0.05, 0) is 43.4 Å². The predicted octanol–water partition coefficient (Wildman–Crippen LogP) is 3.76. The fraction of sp³-hybridized carbons (Fsp3) is 0.417. The molecule has 0 aliphatic carbocycles. The Morgan fingerprint density at radius 2 is 1.94 bits per heavy atom. The summed E-state index contributed by atoms with van der Waals surface area (Å²) in [6.45, 7) is 4.04. The van der Waals surface area contributed by atoms with Crippen LogP contribution in [0.1, 0.15) is 17.5 Å². The third kappa shape index (κ3) is 3.83. The van der Waals surface area contributed by atoms with Gasteiger partial charge in [0.25, 0.3) is 0 Å². The normalized spacial score (nSPS) is 10.2. The summed E-state index contributed by atoms with van der Waals surface area (Å²) in [6.07, 6.45) is 2.57. The van der Waals surface area contributed by atoms with Crippen LogP contribution in [-0.2, 0) is 4.79 Å². The molecule has 1 amide bonds. The van der Waals surface area contributed by atoms with Crippen molar-refractivity contribution in [3.63, 3.8) is 0 Å². The molecule has 0 aliphatic heterocycles. The summed E-state index contributed by atoms with van der Waals surface area (Å²) in [4.78, 5) is 11.5. The first-order valence-electron chi connectivity index (χ1n) is 5.10. The minimum Gasteiger partial charge on any atom is -0.326 e. The van der Waals surface area contributed by atoms with Crippen LogP contribution in [0.15, 0.2) is 16.6 Å². The zero-order chi connectivity index (χ0) is 12.1. The van der Waals surface area contributed by atoms with Gasteiger partial charge in [0.2, 0.25) is 5.91 Å². The van der Waals surface area contributed by atoms with Gasteiger partial charge in [-0.3, -0.25) is 4.79 Å². The van der Waals surface area contributed by atoms with E-state index < -0.39 is 0 Å². The number of halogens is 1. The van der Waals surface area contributed by atoms with E-state index in [1.165, 1.54) is 0 Å². The molecule has 4 heteroatoms. The number of hydrogen-bond acceptors (Lipinski definition) is 2. The second-order valence-corrected chi connectivity index (χ2v) is 5.49. The lowest BCUT2D eigenvalue weighted by Gasteiger charge is -2.09. The van der Waals surface area contributed by atoms with E-state index in [0.717, 1.165) is 27.0 Å². The molecule has 2 nitrogen and oxygen atoms in total. The summed E-state index contributed by atoms with van der Waals surface area (Å²) in [5.41, 5.74) is 3.16. The van der Waals surface area contributed by atoms with Gasteiger partial charge in [-0.15, -0.1) is 0 Å². The molecule has 0 saturated carbocycles. The predicted molar refractivity (Wildman–Crippen MR) is 75.2 cm³/mol. The number of carbonyl (C=O) groups is 1. The van der Waals surface area contributed by atoms with Crippen molar-refractivity contribution >= 4 is 39.3 Å². The van der Waals surface area contributed by atoms with Gasteiger partial charge < -0.3 is 5.32 Å². The molecule has 0 saturated heterocycles. The molecule has 0 heterocycles. The molecule has 0 radical (unpaired) electrons. The van der Waals surface area contributed by atoms with Crippen LogP contribution < -0.4 is 5.32 Å². The topological polar surface area (TPSA) is 29.1 Å². The highest BCUT2D eigenvalue weighted by Crippen LogP contribution is 2.25. The zero-order valence-corrected chi connectivity index (χ0v) is 12.2. The Bertz CT molecular complexity index is 370. The van der Waals surface area contributed by atoms with Crippen LogP contribution >= 0.6 is 27.7 Å². The van der Waals surface area contributed by atoms with Gasteiger partial charge in [0.1, 0.15) is 0 Å². The van der Waals surface area contributed by atoms with Crippen LogP contribution in [-0.4, -0.2) is 17.9 Å². The number of nitrogens with one attached hydrogen (secondary N) is 1. The van der Waals surface area contributed by atoms with Crippen LogP contribution in [0, 0.1) is 13.8 Å². The van der Waals surface area contributed by atoms with Crippen LogP contribution in [0.4, 0.5) is 5.69 Å². The van der Waals surface area contributed by atoms with Crippen LogP contribution in [0.3, 0.4) is 0 Å². The van der Waals surface area contributed by atoms with Gasteiger partial charge in [0.05, 0.1) is 0 Å². The number of anilines is 1. The summed E-state index contributed by atoms with van der Waals surface area (Å²) < 4.78 is 1.11. The molecule has 0 bridgehead atoms. The van der Waals surface area contributed by atoms with Gasteiger partial charge in [0.15, 0.2) is 0 Å². The highest BCUT2D eigenvalue weighted by atomic mass is 79.9. The second kappa shape index (κ2) is 6.30. The Balaban J connectivity index is 2.71. The standard InChI is InChI=1S/C12H16BrNOS/c1-8-6-10(7-9(2)12(8)13)14-11(15)4-5-16-3/h6-7H,4-5H2,1-3H3,(H,14,15). The summed E-state index contributed by atoms with van der Waals surface area (Å²) in [7, 11) is 0. The highest BCUT2D eigenvalue weighted by molar-refractivity contribution is 9.10. The summed E-state index contributed by atoms with van der Waals surface area (Å²) in [6, 6.07) is 3.96. The number of benzene rings is 1.